The Labute approximate surface area is 181 Å². The van der Waals surface area contributed by atoms with Gasteiger partial charge in [0.15, 0.2) is 0 Å². The molecule has 0 radical (unpaired) electrons. The van der Waals surface area contributed by atoms with Crippen LogP contribution < -0.4 is 21.1 Å². The fourth-order valence-electron chi connectivity index (χ4n) is 3.34. The predicted molar refractivity (Wildman–Crippen MR) is 116 cm³/mol. The molecule has 1 aliphatic rings. The predicted octanol–water partition coefficient (Wildman–Crippen LogP) is 2.41. The van der Waals surface area contributed by atoms with Crippen molar-refractivity contribution in [2.75, 3.05) is 12.3 Å². The third-order valence-electron chi connectivity index (χ3n) is 4.84. The van der Waals surface area contributed by atoms with E-state index in [0.717, 1.165) is 5.56 Å². The topological polar surface area (TPSA) is 120 Å². The number of amides is 2. The fourth-order valence-corrected chi connectivity index (χ4v) is 3.34. The quantitative estimate of drug-likeness (QED) is 0.463. The molecule has 0 aliphatic carbocycles. The van der Waals surface area contributed by atoms with Crippen molar-refractivity contribution in [2.45, 2.75) is 39.5 Å². The molecule has 2 atom stereocenters. The summed E-state index contributed by atoms with van der Waals surface area (Å²) in [7, 11) is 0. The Balaban J connectivity index is 1.66. The first-order chi connectivity index (χ1) is 14.7. The van der Waals surface area contributed by atoms with E-state index in [-0.39, 0.29) is 12.5 Å². The van der Waals surface area contributed by atoms with Crippen molar-refractivity contribution in [3.63, 3.8) is 0 Å². The maximum absolute atomic E-state index is 12.5. The monoisotopic (exact) mass is 425 g/mol. The highest BCUT2D eigenvalue weighted by Crippen LogP contribution is 2.29. The van der Waals surface area contributed by atoms with Crippen molar-refractivity contribution in [3.05, 3.63) is 59.2 Å². The van der Waals surface area contributed by atoms with Crippen LogP contribution in [0.4, 0.5) is 5.69 Å². The lowest BCUT2D eigenvalue weighted by Gasteiger charge is -2.32. The third-order valence-corrected chi connectivity index (χ3v) is 4.84. The fraction of sp³-hybridized carbons (Fsp3) is 0.348. The van der Waals surface area contributed by atoms with Crippen LogP contribution in [0.25, 0.3) is 0 Å². The smallest absolute Gasteiger partial charge is 0.345 e. The molecular formula is C23H27N3O5. The number of benzene rings is 2. The number of nitrogens with one attached hydrogen (secondary N) is 2. The van der Waals surface area contributed by atoms with Gasteiger partial charge in [0.1, 0.15) is 17.4 Å². The molecule has 4 N–H and O–H groups in total. The molecule has 0 aromatic heterocycles. The van der Waals surface area contributed by atoms with E-state index in [0.29, 0.717) is 29.0 Å². The highest BCUT2D eigenvalue weighted by atomic mass is 16.7. The molecule has 2 amide bonds. The van der Waals surface area contributed by atoms with Crippen molar-refractivity contribution in [2.24, 2.45) is 5.92 Å². The Hall–Kier alpha value is -3.55. The van der Waals surface area contributed by atoms with Gasteiger partial charge >= 0.3 is 5.97 Å². The van der Waals surface area contributed by atoms with Crippen LogP contribution >= 0.6 is 0 Å². The summed E-state index contributed by atoms with van der Waals surface area (Å²) < 4.78 is 11.3. The van der Waals surface area contributed by atoms with Crippen LogP contribution in [0.3, 0.4) is 0 Å². The van der Waals surface area contributed by atoms with Crippen molar-refractivity contribution in [1.82, 2.24) is 10.6 Å². The zero-order valence-electron chi connectivity index (χ0n) is 17.8. The molecule has 3 rings (SSSR count). The zero-order chi connectivity index (χ0) is 22.5. The first-order valence-electron chi connectivity index (χ1n) is 10.1. The van der Waals surface area contributed by atoms with Gasteiger partial charge in [-0.05, 0) is 49.1 Å². The second-order valence-electron chi connectivity index (χ2n) is 7.96. The van der Waals surface area contributed by atoms with E-state index < -0.39 is 30.1 Å². The number of rotatable bonds is 7. The van der Waals surface area contributed by atoms with Gasteiger partial charge in [0, 0.05) is 5.69 Å². The normalized spacial score (nSPS) is 16.0. The average Bonchev–Trinajstić information content (AvgIpc) is 2.71. The van der Waals surface area contributed by atoms with Crippen LogP contribution in [-0.4, -0.2) is 36.7 Å². The molecule has 1 aliphatic heterocycles. The molecule has 31 heavy (non-hydrogen) atoms. The maximum Gasteiger partial charge on any atom is 0.345 e. The molecule has 0 saturated carbocycles. The first-order valence-corrected chi connectivity index (χ1v) is 10.1. The summed E-state index contributed by atoms with van der Waals surface area (Å²) in [5.74, 6) is -0.744. The zero-order valence-corrected chi connectivity index (χ0v) is 17.8. The lowest BCUT2D eigenvalue weighted by atomic mass is 10.0. The number of carbonyl (C=O) groups excluding carboxylic acids is 3. The molecule has 2 aromatic rings. The van der Waals surface area contributed by atoms with Gasteiger partial charge in [-0.1, -0.05) is 32.0 Å². The van der Waals surface area contributed by atoms with E-state index in [2.05, 4.69) is 10.6 Å². The third kappa shape index (κ3) is 5.53. The molecule has 1 unspecified atom stereocenters. The number of ether oxygens (including phenoxy) is 2. The minimum atomic E-state index is -0.964. The number of nitrogen functional groups attached to an aromatic ring is 1. The Morgan fingerprint density at radius 2 is 1.87 bits per heavy atom. The highest BCUT2D eigenvalue weighted by Gasteiger charge is 2.35. The van der Waals surface area contributed by atoms with Gasteiger partial charge in [-0.2, -0.15) is 0 Å². The van der Waals surface area contributed by atoms with E-state index in [1.54, 1.807) is 42.5 Å². The molecule has 1 heterocycles. The molecule has 0 saturated heterocycles. The van der Waals surface area contributed by atoms with Gasteiger partial charge < -0.3 is 25.8 Å². The van der Waals surface area contributed by atoms with Crippen LogP contribution in [0.15, 0.2) is 42.5 Å². The van der Waals surface area contributed by atoms with Gasteiger partial charge in [-0.25, -0.2) is 4.79 Å². The molecule has 2 aromatic carbocycles. The number of hydrogen-bond donors (Lipinski definition) is 3. The molecule has 0 bridgehead atoms. The summed E-state index contributed by atoms with van der Waals surface area (Å²) in [5, 5.41) is 5.37. The minimum absolute atomic E-state index is 0.199. The van der Waals surface area contributed by atoms with Crippen molar-refractivity contribution in [1.29, 1.82) is 0 Å². The number of fused-ring (bicyclic) bond motifs is 1. The van der Waals surface area contributed by atoms with E-state index in [9.17, 15) is 14.4 Å². The Kier molecular flexibility index (Phi) is 6.79. The summed E-state index contributed by atoms with van der Waals surface area (Å²) in [6, 6.07) is 11.3. The van der Waals surface area contributed by atoms with E-state index >= 15 is 0 Å². The summed E-state index contributed by atoms with van der Waals surface area (Å²) in [6.45, 7) is 5.62. The Morgan fingerprint density at radius 3 is 2.58 bits per heavy atom. The van der Waals surface area contributed by atoms with E-state index in [1.807, 2.05) is 20.8 Å². The molecule has 164 valence electrons. The number of para-hydroxylation sites is 1. The molecule has 0 fully saturated rings. The average molecular weight is 425 g/mol. The number of cyclic esters (lactones) is 1. The van der Waals surface area contributed by atoms with E-state index in [1.165, 1.54) is 0 Å². The Bertz CT molecular complexity index is 989. The van der Waals surface area contributed by atoms with Gasteiger partial charge in [0.05, 0.1) is 12.1 Å². The van der Waals surface area contributed by atoms with Crippen LogP contribution in [0.1, 0.15) is 46.5 Å². The highest BCUT2D eigenvalue weighted by molar-refractivity contribution is 6.00. The van der Waals surface area contributed by atoms with Gasteiger partial charge in [0.2, 0.25) is 5.91 Å². The summed E-state index contributed by atoms with van der Waals surface area (Å²) in [4.78, 5) is 37.2. The standard InChI is InChI=1S/C23H27N3O5/c1-13(2)10-18(23-30-19-11-14(3)8-9-16(19)22(29)31-23)26-20(27)12-25-21(28)15-6-4-5-7-17(15)24/h4-9,11,13,18,23H,10,12,24H2,1-3H3,(H,25,28)(H,26,27)/t18-,23?/m0/s1. The maximum atomic E-state index is 12.5. The summed E-state index contributed by atoms with van der Waals surface area (Å²) >= 11 is 0. The molecular weight excluding hydrogens is 398 g/mol. The number of aryl methyl sites for hydroxylation is 1. The number of hydrogen-bond acceptors (Lipinski definition) is 6. The second-order valence-corrected chi connectivity index (χ2v) is 7.96. The van der Waals surface area contributed by atoms with Crippen molar-refractivity contribution >= 4 is 23.5 Å². The number of anilines is 1. The van der Waals surface area contributed by atoms with Crippen LogP contribution in [0, 0.1) is 12.8 Å². The van der Waals surface area contributed by atoms with Gasteiger partial charge in [-0.15, -0.1) is 0 Å². The Morgan fingerprint density at radius 1 is 1.13 bits per heavy atom. The SMILES string of the molecule is Cc1ccc2c(c1)OC([C@H](CC(C)C)NC(=O)CNC(=O)c1ccccc1N)OC2=O. The number of nitrogens with two attached hydrogens (primary N) is 1. The number of carbonyl (C=O) groups is 3. The van der Waals surface area contributed by atoms with Crippen LogP contribution in [0.5, 0.6) is 5.75 Å². The second kappa shape index (κ2) is 9.51. The lowest BCUT2D eigenvalue weighted by molar-refractivity contribution is -0.126. The molecule has 8 nitrogen and oxygen atoms in total. The number of esters is 1. The van der Waals surface area contributed by atoms with Crippen molar-refractivity contribution < 1.29 is 23.9 Å². The van der Waals surface area contributed by atoms with Crippen LogP contribution in [-0.2, 0) is 9.53 Å². The first kappa shape index (κ1) is 22.1. The lowest BCUT2D eigenvalue weighted by Crippen LogP contribution is -2.52. The van der Waals surface area contributed by atoms with Gasteiger partial charge in [-0.3, -0.25) is 9.59 Å². The van der Waals surface area contributed by atoms with E-state index in [4.69, 9.17) is 15.2 Å². The van der Waals surface area contributed by atoms with Crippen LogP contribution in [0.2, 0.25) is 0 Å². The summed E-state index contributed by atoms with van der Waals surface area (Å²) in [5.41, 5.74) is 7.72. The molecule has 8 heteroatoms. The van der Waals surface area contributed by atoms with Gasteiger partial charge in [0.25, 0.3) is 12.2 Å². The summed E-state index contributed by atoms with van der Waals surface area (Å²) in [6.07, 6.45) is -0.446. The minimum Gasteiger partial charge on any atom is -0.452 e. The van der Waals surface area contributed by atoms with Crippen molar-refractivity contribution in [3.8, 4) is 5.75 Å². The molecule has 0 spiro atoms. The largest absolute Gasteiger partial charge is 0.452 e.